The molecule has 2 nitrogen and oxygen atoms in total. The van der Waals surface area contributed by atoms with Gasteiger partial charge in [-0.1, -0.05) is 51.0 Å². The molecule has 0 bridgehead atoms. The Morgan fingerprint density at radius 2 is 1.95 bits per heavy atom. The molecule has 0 radical (unpaired) electrons. The predicted molar refractivity (Wildman–Crippen MR) is 84.4 cm³/mol. The van der Waals surface area contributed by atoms with Crippen LogP contribution < -0.4 is 5.32 Å². The molecule has 2 heteroatoms. The van der Waals surface area contributed by atoms with Crippen molar-refractivity contribution in [2.75, 3.05) is 0 Å². The molecule has 0 amide bonds. The van der Waals surface area contributed by atoms with Crippen LogP contribution in [0.5, 0.6) is 0 Å². The standard InChI is InChI=1S/C18H29NO/c1-14(2)17-7-4-8-18(10-9-17)19-12-15-5-3-6-16(11-15)13-20/h3,5-6,11,14,17-20H,4,7-10,12-13H2,1-2H3. The number of hydrogen-bond acceptors (Lipinski definition) is 2. The lowest BCUT2D eigenvalue weighted by molar-refractivity contribution is 0.281. The molecular weight excluding hydrogens is 246 g/mol. The van der Waals surface area contributed by atoms with Gasteiger partial charge < -0.3 is 10.4 Å². The van der Waals surface area contributed by atoms with Gasteiger partial charge in [-0.15, -0.1) is 0 Å². The molecule has 1 fully saturated rings. The molecule has 0 saturated heterocycles. The van der Waals surface area contributed by atoms with Crippen LogP contribution in [0.15, 0.2) is 24.3 Å². The molecule has 0 spiro atoms. The number of hydrogen-bond donors (Lipinski definition) is 2. The first-order valence-corrected chi connectivity index (χ1v) is 8.11. The zero-order valence-corrected chi connectivity index (χ0v) is 12.9. The Bertz CT molecular complexity index is 402. The van der Waals surface area contributed by atoms with Crippen LogP contribution in [0.25, 0.3) is 0 Å². The minimum Gasteiger partial charge on any atom is -0.392 e. The largest absolute Gasteiger partial charge is 0.392 e. The zero-order chi connectivity index (χ0) is 14.4. The van der Waals surface area contributed by atoms with E-state index in [1.807, 2.05) is 12.1 Å². The highest BCUT2D eigenvalue weighted by molar-refractivity contribution is 5.22. The van der Waals surface area contributed by atoms with Crippen LogP contribution in [-0.2, 0) is 13.2 Å². The third-order valence-electron chi connectivity index (χ3n) is 4.73. The fourth-order valence-electron chi connectivity index (χ4n) is 3.30. The van der Waals surface area contributed by atoms with Gasteiger partial charge in [0.15, 0.2) is 0 Å². The molecule has 1 aliphatic rings. The molecule has 0 aliphatic heterocycles. The summed E-state index contributed by atoms with van der Waals surface area (Å²) in [5.74, 6) is 1.74. The van der Waals surface area contributed by atoms with Crippen molar-refractivity contribution < 1.29 is 5.11 Å². The quantitative estimate of drug-likeness (QED) is 0.799. The van der Waals surface area contributed by atoms with Crippen LogP contribution in [0.2, 0.25) is 0 Å². The lowest BCUT2D eigenvalue weighted by atomic mass is 9.89. The van der Waals surface area contributed by atoms with Crippen molar-refractivity contribution in [3.05, 3.63) is 35.4 Å². The highest BCUT2D eigenvalue weighted by Gasteiger charge is 2.20. The van der Waals surface area contributed by atoms with Gasteiger partial charge in [-0.25, -0.2) is 0 Å². The fourth-order valence-corrected chi connectivity index (χ4v) is 3.30. The van der Waals surface area contributed by atoms with Gasteiger partial charge >= 0.3 is 0 Å². The van der Waals surface area contributed by atoms with Gasteiger partial charge in [0.25, 0.3) is 0 Å². The Morgan fingerprint density at radius 1 is 1.15 bits per heavy atom. The minimum absolute atomic E-state index is 0.132. The van der Waals surface area contributed by atoms with Crippen molar-refractivity contribution in [2.45, 2.75) is 65.1 Å². The van der Waals surface area contributed by atoms with E-state index < -0.39 is 0 Å². The summed E-state index contributed by atoms with van der Waals surface area (Å²) >= 11 is 0. The Kier molecular flexibility index (Phi) is 6.06. The summed E-state index contributed by atoms with van der Waals surface area (Å²) in [4.78, 5) is 0. The van der Waals surface area contributed by atoms with Gasteiger partial charge in [-0.2, -0.15) is 0 Å². The van der Waals surface area contributed by atoms with Gasteiger partial charge in [0.05, 0.1) is 6.61 Å². The number of benzene rings is 1. The van der Waals surface area contributed by atoms with Crippen molar-refractivity contribution in [1.82, 2.24) is 5.32 Å². The molecule has 1 aliphatic carbocycles. The SMILES string of the molecule is CC(C)C1CCCC(NCc2cccc(CO)c2)CC1. The van der Waals surface area contributed by atoms with E-state index in [0.29, 0.717) is 6.04 Å². The molecule has 2 atom stereocenters. The first-order chi connectivity index (χ1) is 9.69. The van der Waals surface area contributed by atoms with E-state index in [1.54, 1.807) is 0 Å². The van der Waals surface area contributed by atoms with E-state index in [-0.39, 0.29) is 6.61 Å². The Labute approximate surface area is 123 Å². The summed E-state index contributed by atoms with van der Waals surface area (Å²) in [7, 11) is 0. The second-order valence-electron chi connectivity index (χ2n) is 6.57. The molecule has 2 unspecified atom stereocenters. The van der Waals surface area contributed by atoms with Crippen molar-refractivity contribution in [2.24, 2.45) is 11.8 Å². The highest BCUT2D eigenvalue weighted by Crippen LogP contribution is 2.28. The predicted octanol–water partition coefficient (Wildman–Crippen LogP) is 3.87. The Hall–Kier alpha value is -0.860. The molecular formula is C18H29NO. The smallest absolute Gasteiger partial charge is 0.0681 e. The fraction of sp³-hybridized carbons (Fsp3) is 0.667. The maximum atomic E-state index is 9.18. The molecule has 0 heterocycles. The van der Waals surface area contributed by atoms with Gasteiger partial charge in [-0.05, 0) is 42.2 Å². The molecule has 1 saturated carbocycles. The summed E-state index contributed by atoms with van der Waals surface area (Å²) in [6.07, 6.45) is 6.74. The van der Waals surface area contributed by atoms with Gasteiger partial charge in [0.1, 0.15) is 0 Å². The zero-order valence-electron chi connectivity index (χ0n) is 12.9. The van der Waals surface area contributed by atoms with Gasteiger partial charge in [-0.3, -0.25) is 0 Å². The number of rotatable bonds is 5. The molecule has 1 aromatic carbocycles. The first kappa shape index (κ1) is 15.5. The topological polar surface area (TPSA) is 32.3 Å². The lowest BCUT2D eigenvalue weighted by Gasteiger charge is -2.19. The normalized spacial score (nSPS) is 23.8. The highest BCUT2D eigenvalue weighted by atomic mass is 16.3. The first-order valence-electron chi connectivity index (χ1n) is 8.11. The van der Waals surface area contributed by atoms with Crippen molar-refractivity contribution in [1.29, 1.82) is 0 Å². The monoisotopic (exact) mass is 275 g/mol. The summed E-state index contributed by atoms with van der Waals surface area (Å²) < 4.78 is 0. The lowest BCUT2D eigenvalue weighted by Crippen LogP contribution is -2.28. The van der Waals surface area contributed by atoms with E-state index in [0.717, 1.165) is 23.9 Å². The average Bonchev–Trinajstić information content (AvgIpc) is 2.71. The maximum Gasteiger partial charge on any atom is 0.0681 e. The van der Waals surface area contributed by atoms with E-state index in [4.69, 9.17) is 0 Å². The molecule has 0 aromatic heterocycles. The second-order valence-corrected chi connectivity index (χ2v) is 6.57. The summed E-state index contributed by atoms with van der Waals surface area (Å²) in [6, 6.07) is 8.91. The van der Waals surface area contributed by atoms with Crippen LogP contribution in [-0.4, -0.2) is 11.1 Å². The maximum absolute atomic E-state index is 9.18. The summed E-state index contributed by atoms with van der Waals surface area (Å²) in [5.41, 5.74) is 2.28. The number of aliphatic hydroxyl groups excluding tert-OH is 1. The summed E-state index contributed by atoms with van der Waals surface area (Å²) in [6.45, 7) is 5.77. The van der Waals surface area contributed by atoms with Gasteiger partial charge in [0, 0.05) is 12.6 Å². The van der Waals surface area contributed by atoms with Crippen LogP contribution >= 0.6 is 0 Å². The van der Waals surface area contributed by atoms with Crippen LogP contribution in [0, 0.1) is 11.8 Å². The molecule has 1 aromatic rings. The van der Waals surface area contributed by atoms with Crippen LogP contribution in [0.4, 0.5) is 0 Å². The molecule has 2 N–H and O–H groups in total. The van der Waals surface area contributed by atoms with Gasteiger partial charge in [0.2, 0.25) is 0 Å². The Balaban J connectivity index is 1.81. The van der Waals surface area contributed by atoms with Crippen molar-refractivity contribution in [3.63, 3.8) is 0 Å². The summed E-state index contributed by atoms with van der Waals surface area (Å²) in [5, 5.41) is 12.9. The van der Waals surface area contributed by atoms with Crippen molar-refractivity contribution in [3.8, 4) is 0 Å². The second kappa shape index (κ2) is 7.80. The van der Waals surface area contributed by atoms with E-state index >= 15 is 0 Å². The molecule has 20 heavy (non-hydrogen) atoms. The van der Waals surface area contributed by atoms with E-state index in [1.165, 1.54) is 37.7 Å². The number of nitrogens with one attached hydrogen (secondary N) is 1. The van der Waals surface area contributed by atoms with E-state index in [2.05, 4.69) is 31.3 Å². The molecule has 112 valence electrons. The third-order valence-corrected chi connectivity index (χ3v) is 4.73. The van der Waals surface area contributed by atoms with Crippen molar-refractivity contribution >= 4 is 0 Å². The number of aliphatic hydroxyl groups is 1. The Morgan fingerprint density at radius 3 is 2.70 bits per heavy atom. The minimum atomic E-state index is 0.132. The van der Waals surface area contributed by atoms with Crippen LogP contribution in [0.1, 0.15) is 57.1 Å². The van der Waals surface area contributed by atoms with Crippen LogP contribution in [0.3, 0.4) is 0 Å². The average molecular weight is 275 g/mol. The molecule has 2 rings (SSSR count). The van der Waals surface area contributed by atoms with E-state index in [9.17, 15) is 5.11 Å². The third kappa shape index (κ3) is 4.60.